The van der Waals surface area contributed by atoms with E-state index in [4.69, 9.17) is 9.16 Å². The van der Waals surface area contributed by atoms with Gasteiger partial charge in [-0.1, -0.05) is 39.8 Å². The first-order valence-electron chi connectivity index (χ1n) is 10.1. The lowest BCUT2D eigenvalue weighted by atomic mass is 9.86. The molecule has 4 nitrogen and oxygen atoms in total. The molecule has 1 rings (SSSR count). The minimum atomic E-state index is -1.92. The van der Waals surface area contributed by atoms with Gasteiger partial charge in [0.05, 0.1) is 18.1 Å². The second-order valence-corrected chi connectivity index (χ2v) is 14.6. The van der Waals surface area contributed by atoms with Crippen LogP contribution in [0.15, 0.2) is 25.3 Å². The van der Waals surface area contributed by atoms with Crippen LogP contribution in [-0.4, -0.2) is 37.2 Å². The third kappa shape index (κ3) is 6.88. The van der Waals surface area contributed by atoms with Crippen molar-refractivity contribution in [2.75, 3.05) is 0 Å². The van der Waals surface area contributed by atoms with Gasteiger partial charge in [0.1, 0.15) is 6.10 Å². The van der Waals surface area contributed by atoms with Crippen LogP contribution in [0.5, 0.6) is 0 Å². The van der Waals surface area contributed by atoms with Gasteiger partial charge in [-0.25, -0.2) is 0 Å². The topological polar surface area (TPSA) is 55.8 Å². The predicted molar refractivity (Wildman–Crippen MR) is 114 cm³/mol. The zero-order valence-electron chi connectivity index (χ0n) is 18.4. The molecule has 5 heteroatoms. The van der Waals surface area contributed by atoms with Gasteiger partial charge < -0.3 is 14.3 Å². The van der Waals surface area contributed by atoms with Gasteiger partial charge in [0.25, 0.3) is 0 Å². The van der Waals surface area contributed by atoms with Crippen molar-refractivity contribution in [1.82, 2.24) is 0 Å². The van der Waals surface area contributed by atoms with Gasteiger partial charge in [-0.3, -0.25) is 4.79 Å². The summed E-state index contributed by atoms with van der Waals surface area (Å²) in [6.45, 7) is 22.9. The summed E-state index contributed by atoms with van der Waals surface area (Å²) < 4.78 is 12.0. The molecule has 0 aromatic heterocycles. The lowest BCUT2D eigenvalue weighted by molar-refractivity contribution is -0.143. The number of ether oxygens (including phenoxy) is 1. The highest BCUT2D eigenvalue weighted by molar-refractivity contribution is 6.74. The third-order valence-corrected chi connectivity index (χ3v) is 10.8. The number of carbonyl (C=O) groups excluding carboxylic acids is 1. The molecular formula is C22H40O4Si. The van der Waals surface area contributed by atoms with Crippen molar-refractivity contribution in [3.8, 4) is 0 Å². The Morgan fingerprint density at radius 1 is 1.33 bits per heavy atom. The van der Waals surface area contributed by atoms with Crippen molar-refractivity contribution in [1.29, 1.82) is 0 Å². The molecule has 0 aromatic carbocycles. The maximum atomic E-state index is 11.6. The van der Waals surface area contributed by atoms with E-state index in [0.29, 0.717) is 19.3 Å². The Morgan fingerprint density at radius 2 is 1.93 bits per heavy atom. The summed E-state index contributed by atoms with van der Waals surface area (Å²) in [5, 5.41) is 11.1. The average molecular weight is 397 g/mol. The lowest BCUT2D eigenvalue weighted by Gasteiger charge is -2.41. The summed E-state index contributed by atoms with van der Waals surface area (Å²) in [6.07, 6.45) is 5.53. The largest absolute Gasteiger partial charge is 0.462 e. The highest BCUT2D eigenvalue weighted by Gasteiger charge is 2.41. The second-order valence-electron chi connectivity index (χ2n) is 9.88. The number of rotatable bonds is 10. The van der Waals surface area contributed by atoms with E-state index in [0.717, 1.165) is 6.42 Å². The monoisotopic (exact) mass is 396 g/mol. The quantitative estimate of drug-likeness (QED) is 0.312. The van der Waals surface area contributed by atoms with Crippen LogP contribution in [0.4, 0.5) is 0 Å². The Balaban J connectivity index is 2.77. The van der Waals surface area contributed by atoms with Gasteiger partial charge in [0, 0.05) is 12.3 Å². The normalized spacial score (nSPS) is 25.4. The van der Waals surface area contributed by atoms with Crippen molar-refractivity contribution in [3.05, 3.63) is 25.3 Å². The fraction of sp³-hybridized carbons (Fsp3) is 0.773. The van der Waals surface area contributed by atoms with E-state index in [2.05, 4.69) is 53.9 Å². The molecule has 0 aliphatic carbocycles. The predicted octanol–water partition coefficient (Wildman–Crippen LogP) is 5.24. The van der Waals surface area contributed by atoms with Crippen LogP contribution in [0.2, 0.25) is 18.1 Å². The molecule has 1 aliphatic rings. The fourth-order valence-corrected chi connectivity index (χ4v) is 4.62. The molecule has 5 atom stereocenters. The summed E-state index contributed by atoms with van der Waals surface area (Å²) in [6, 6.07) is 0. The van der Waals surface area contributed by atoms with Gasteiger partial charge in [-0.05, 0) is 43.8 Å². The second kappa shape index (κ2) is 9.06. The van der Waals surface area contributed by atoms with Crippen molar-refractivity contribution >= 4 is 14.3 Å². The zero-order chi connectivity index (χ0) is 21.0. The van der Waals surface area contributed by atoms with Crippen LogP contribution in [-0.2, 0) is 14.0 Å². The van der Waals surface area contributed by atoms with Crippen LogP contribution in [0.25, 0.3) is 0 Å². The minimum Gasteiger partial charge on any atom is -0.462 e. The van der Waals surface area contributed by atoms with Crippen molar-refractivity contribution in [3.63, 3.8) is 0 Å². The van der Waals surface area contributed by atoms with Crippen LogP contribution >= 0.6 is 0 Å². The van der Waals surface area contributed by atoms with Gasteiger partial charge >= 0.3 is 5.97 Å². The fourth-order valence-electron chi connectivity index (χ4n) is 3.18. The molecule has 0 saturated carbocycles. The highest BCUT2D eigenvalue weighted by Crippen LogP contribution is 2.39. The standard InChI is InChI=1S/C22H40O4Si/c1-10-16(3)18(26-27(8,9)21(4,5)6)12-13-22(7,24)15-19-17(11-2)14-20(23)25-19/h10-11,16-19,24H,1-2,12-15H2,3-9H3/t16-,17+,18-,19+,22-/m0/s1. The molecule has 1 N–H and O–H groups in total. The Bertz CT molecular complexity index is 533. The van der Waals surface area contributed by atoms with Crippen LogP contribution < -0.4 is 0 Å². The molecule has 156 valence electrons. The van der Waals surface area contributed by atoms with Crippen LogP contribution in [0.1, 0.15) is 60.3 Å². The Kier molecular flexibility index (Phi) is 8.09. The summed E-state index contributed by atoms with van der Waals surface area (Å²) in [5.74, 6) is -0.0179. The highest BCUT2D eigenvalue weighted by atomic mass is 28.4. The van der Waals surface area contributed by atoms with Gasteiger partial charge in [-0.2, -0.15) is 0 Å². The third-order valence-electron chi connectivity index (χ3n) is 6.28. The average Bonchev–Trinajstić information content (AvgIpc) is 2.88. The molecule has 1 heterocycles. The molecule has 0 aromatic rings. The number of cyclic esters (lactones) is 1. The van der Waals surface area contributed by atoms with E-state index >= 15 is 0 Å². The first kappa shape index (κ1) is 24.1. The molecular weight excluding hydrogens is 356 g/mol. The molecule has 0 amide bonds. The number of hydrogen-bond acceptors (Lipinski definition) is 4. The van der Waals surface area contributed by atoms with Gasteiger partial charge in [-0.15, -0.1) is 13.2 Å². The van der Waals surface area contributed by atoms with E-state index in [1.807, 2.05) is 13.0 Å². The SMILES string of the molecule is C=C[C@@H]1CC(=O)O[C@@H]1C[C@@](C)(O)CC[C@H](O[Si](C)(C)C(C)(C)C)[C@@H](C)C=C. The Labute approximate surface area is 167 Å². The lowest BCUT2D eigenvalue weighted by Crippen LogP contribution is -2.46. The number of carbonyl (C=O) groups is 1. The summed E-state index contributed by atoms with van der Waals surface area (Å²) in [4.78, 5) is 11.6. The van der Waals surface area contributed by atoms with Crippen LogP contribution in [0.3, 0.4) is 0 Å². The number of hydrogen-bond donors (Lipinski definition) is 1. The number of aliphatic hydroxyl groups is 1. The Morgan fingerprint density at radius 3 is 2.41 bits per heavy atom. The maximum absolute atomic E-state index is 11.6. The number of esters is 1. The molecule has 1 aliphatic heterocycles. The van der Waals surface area contributed by atoms with Crippen LogP contribution in [0, 0.1) is 11.8 Å². The van der Waals surface area contributed by atoms with Gasteiger partial charge in [0.2, 0.25) is 0 Å². The van der Waals surface area contributed by atoms with E-state index in [-0.39, 0.29) is 35.1 Å². The first-order chi connectivity index (χ1) is 12.2. The van der Waals surface area contributed by atoms with E-state index < -0.39 is 13.9 Å². The van der Waals surface area contributed by atoms with Crippen molar-refractivity contribution in [2.24, 2.45) is 11.8 Å². The van der Waals surface area contributed by atoms with Crippen molar-refractivity contribution < 1.29 is 19.1 Å². The van der Waals surface area contributed by atoms with E-state index in [1.165, 1.54) is 0 Å². The maximum Gasteiger partial charge on any atom is 0.306 e. The molecule has 1 fully saturated rings. The molecule has 0 spiro atoms. The zero-order valence-corrected chi connectivity index (χ0v) is 19.4. The molecule has 0 unspecified atom stereocenters. The van der Waals surface area contributed by atoms with E-state index in [1.54, 1.807) is 6.08 Å². The Hall–Kier alpha value is -0.913. The molecule has 1 saturated heterocycles. The van der Waals surface area contributed by atoms with Crippen molar-refractivity contribution in [2.45, 2.75) is 96.2 Å². The smallest absolute Gasteiger partial charge is 0.306 e. The van der Waals surface area contributed by atoms with E-state index in [9.17, 15) is 9.90 Å². The molecule has 0 radical (unpaired) electrons. The van der Waals surface area contributed by atoms with Gasteiger partial charge in [0.15, 0.2) is 8.32 Å². The molecule has 27 heavy (non-hydrogen) atoms. The summed E-state index contributed by atoms with van der Waals surface area (Å²) in [5.41, 5.74) is -0.924. The summed E-state index contributed by atoms with van der Waals surface area (Å²) >= 11 is 0. The minimum absolute atomic E-state index is 0.0182. The molecule has 0 bridgehead atoms. The summed E-state index contributed by atoms with van der Waals surface area (Å²) in [7, 11) is -1.92. The first-order valence-corrected chi connectivity index (χ1v) is 13.0.